The van der Waals surface area contributed by atoms with Crippen LogP contribution in [0, 0.1) is 5.95 Å². The van der Waals surface area contributed by atoms with Gasteiger partial charge < -0.3 is 4.90 Å². The minimum Gasteiger partial charge on any atom is -0.356 e. The maximum absolute atomic E-state index is 12.8. The second-order valence-electron chi connectivity index (χ2n) is 3.19. The van der Waals surface area contributed by atoms with Crippen LogP contribution in [0.2, 0.25) is 0 Å². The molecule has 0 radical (unpaired) electrons. The van der Waals surface area contributed by atoms with Crippen LogP contribution in [0.5, 0.6) is 0 Å². The lowest BCUT2D eigenvalue weighted by Gasteiger charge is -2.21. The van der Waals surface area contributed by atoms with Crippen molar-refractivity contribution < 1.29 is 4.39 Å². The predicted octanol–water partition coefficient (Wildman–Crippen LogP) is 2.24. The highest BCUT2D eigenvalue weighted by Crippen LogP contribution is 2.11. The molecule has 0 aliphatic heterocycles. The van der Waals surface area contributed by atoms with Crippen LogP contribution in [-0.2, 0) is 0 Å². The number of nitrogens with zero attached hydrogens (tertiary/aromatic N) is 3. The van der Waals surface area contributed by atoms with Crippen LogP contribution in [0.4, 0.5) is 10.2 Å². The molecule has 0 saturated heterocycles. The molecule has 1 aromatic heterocycles. The molecule has 0 saturated carbocycles. The molecule has 1 aromatic rings. The minimum atomic E-state index is -0.466. The minimum absolute atomic E-state index is 0.466. The molecule has 1 rings (SSSR count). The molecule has 0 N–H and O–H groups in total. The standard InChI is InChI=1S/C10H16FN3/c1-3-5-14(6-4-2)10-7-9(11)12-8-13-10/h7-8H,3-6H2,1-2H3. The fourth-order valence-electron chi connectivity index (χ4n) is 1.38. The predicted molar refractivity (Wildman–Crippen MR) is 54.8 cm³/mol. The highest BCUT2D eigenvalue weighted by Gasteiger charge is 2.06. The zero-order chi connectivity index (χ0) is 10.4. The third-order valence-corrected chi connectivity index (χ3v) is 1.93. The molecule has 0 bridgehead atoms. The summed E-state index contributed by atoms with van der Waals surface area (Å²) in [5, 5.41) is 0. The van der Waals surface area contributed by atoms with Gasteiger partial charge in [-0.25, -0.2) is 9.97 Å². The summed E-state index contributed by atoms with van der Waals surface area (Å²) in [6.07, 6.45) is 3.33. The Morgan fingerprint density at radius 3 is 2.36 bits per heavy atom. The third-order valence-electron chi connectivity index (χ3n) is 1.93. The van der Waals surface area contributed by atoms with Crippen LogP contribution in [0.15, 0.2) is 12.4 Å². The molecule has 0 amide bonds. The maximum Gasteiger partial charge on any atom is 0.218 e. The summed E-state index contributed by atoms with van der Waals surface area (Å²) < 4.78 is 12.8. The summed E-state index contributed by atoms with van der Waals surface area (Å²) in [6, 6.07) is 1.38. The molecule has 0 aliphatic carbocycles. The van der Waals surface area contributed by atoms with Crippen molar-refractivity contribution in [3.63, 3.8) is 0 Å². The summed E-state index contributed by atoms with van der Waals surface area (Å²) in [7, 11) is 0. The quantitative estimate of drug-likeness (QED) is 0.678. The first-order valence-corrected chi connectivity index (χ1v) is 5.00. The SMILES string of the molecule is CCCN(CCC)c1cc(F)ncn1. The van der Waals surface area contributed by atoms with Crippen molar-refractivity contribution in [3.05, 3.63) is 18.3 Å². The van der Waals surface area contributed by atoms with Gasteiger partial charge >= 0.3 is 0 Å². The molecule has 4 heteroatoms. The van der Waals surface area contributed by atoms with Gasteiger partial charge in [-0.1, -0.05) is 13.8 Å². The lowest BCUT2D eigenvalue weighted by molar-refractivity contribution is 0.577. The van der Waals surface area contributed by atoms with Crippen molar-refractivity contribution in [3.8, 4) is 0 Å². The van der Waals surface area contributed by atoms with Crippen molar-refractivity contribution in [2.75, 3.05) is 18.0 Å². The number of hydrogen-bond acceptors (Lipinski definition) is 3. The van der Waals surface area contributed by atoms with Crippen LogP contribution in [-0.4, -0.2) is 23.1 Å². The van der Waals surface area contributed by atoms with Crippen molar-refractivity contribution >= 4 is 5.82 Å². The molecule has 78 valence electrons. The van der Waals surface area contributed by atoms with Crippen molar-refractivity contribution in [2.24, 2.45) is 0 Å². The lowest BCUT2D eigenvalue weighted by atomic mass is 10.3. The number of anilines is 1. The zero-order valence-corrected chi connectivity index (χ0v) is 8.70. The first-order chi connectivity index (χ1) is 6.77. The molecule has 0 fully saturated rings. The smallest absolute Gasteiger partial charge is 0.218 e. The second-order valence-corrected chi connectivity index (χ2v) is 3.19. The molecular weight excluding hydrogens is 181 g/mol. The third kappa shape index (κ3) is 2.94. The molecule has 14 heavy (non-hydrogen) atoms. The summed E-state index contributed by atoms with van der Waals surface area (Å²) in [5.41, 5.74) is 0. The normalized spacial score (nSPS) is 10.2. The van der Waals surface area contributed by atoms with Gasteiger partial charge in [-0.3, -0.25) is 0 Å². The Bertz CT molecular complexity index is 272. The Kier molecular flexibility index (Phi) is 4.29. The first kappa shape index (κ1) is 10.9. The molecule has 1 heterocycles. The van der Waals surface area contributed by atoms with E-state index in [-0.39, 0.29) is 0 Å². The van der Waals surface area contributed by atoms with E-state index < -0.39 is 5.95 Å². The zero-order valence-electron chi connectivity index (χ0n) is 8.70. The fourth-order valence-corrected chi connectivity index (χ4v) is 1.38. The number of aromatic nitrogens is 2. The fraction of sp³-hybridized carbons (Fsp3) is 0.600. The van der Waals surface area contributed by atoms with Crippen molar-refractivity contribution in [1.29, 1.82) is 0 Å². The van der Waals surface area contributed by atoms with E-state index >= 15 is 0 Å². The highest BCUT2D eigenvalue weighted by molar-refractivity contribution is 5.36. The molecule has 0 spiro atoms. The van der Waals surface area contributed by atoms with Gasteiger partial charge in [0.25, 0.3) is 0 Å². The Labute approximate surface area is 84.0 Å². The van der Waals surface area contributed by atoms with Gasteiger partial charge in [-0.15, -0.1) is 0 Å². The molecule has 0 unspecified atom stereocenters. The second kappa shape index (κ2) is 5.52. The number of hydrogen-bond donors (Lipinski definition) is 0. The Morgan fingerprint density at radius 1 is 1.21 bits per heavy atom. The average Bonchev–Trinajstić information content (AvgIpc) is 2.17. The average molecular weight is 197 g/mol. The van der Waals surface area contributed by atoms with Gasteiger partial charge in [-0.2, -0.15) is 4.39 Å². The summed E-state index contributed by atoms with van der Waals surface area (Å²) in [5.74, 6) is 0.216. The Hall–Kier alpha value is -1.19. The number of rotatable bonds is 5. The number of halogens is 1. The van der Waals surface area contributed by atoms with E-state index in [1.165, 1.54) is 12.4 Å². The molecule has 0 atom stereocenters. The van der Waals surface area contributed by atoms with Gasteiger partial charge in [0.2, 0.25) is 5.95 Å². The van der Waals surface area contributed by atoms with E-state index in [1.807, 2.05) is 0 Å². The van der Waals surface area contributed by atoms with Gasteiger partial charge in [0.05, 0.1) is 0 Å². The summed E-state index contributed by atoms with van der Waals surface area (Å²) in [6.45, 7) is 6.01. The molecule has 0 aromatic carbocycles. The lowest BCUT2D eigenvalue weighted by Crippen LogP contribution is -2.25. The van der Waals surface area contributed by atoms with Crippen LogP contribution in [0.25, 0.3) is 0 Å². The van der Waals surface area contributed by atoms with E-state index in [2.05, 4.69) is 28.7 Å². The first-order valence-electron chi connectivity index (χ1n) is 5.00. The summed E-state index contributed by atoms with van der Waals surface area (Å²) >= 11 is 0. The molecule has 0 aliphatic rings. The van der Waals surface area contributed by atoms with Crippen LogP contribution >= 0.6 is 0 Å². The van der Waals surface area contributed by atoms with E-state index in [0.29, 0.717) is 5.82 Å². The topological polar surface area (TPSA) is 29.0 Å². The molecule has 3 nitrogen and oxygen atoms in total. The van der Waals surface area contributed by atoms with Gasteiger partial charge in [-0.05, 0) is 12.8 Å². The highest BCUT2D eigenvalue weighted by atomic mass is 19.1. The Balaban J connectivity index is 2.75. The van der Waals surface area contributed by atoms with Gasteiger partial charge in [0, 0.05) is 19.2 Å². The summed E-state index contributed by atoms with van der Waals surface area (Å²) in [4.78, 5) is 9.56. The van der Waals surface area contributed by atoms with Gasteiger partial charge in [0.15, 0.2) is 0 Å². The van der Waals surface area contributed by atoms with Crippen LogP contribution in [0.1, 0.15) is 26.7 Å². The largest absolute Gasteiger partial charge is 0.356 e. The van der Waals surface area contributed by atoms with E-state index in [1.54, 1.807) is 0 Å². The van der Waals surface area contributed by atoms with E-state index in [4.69, 9.17) is 0 Å². The van der Waals surface area contributed by atoms with Crippen LogP contribution < -0.4 is 4.90 Å². The van der Waals surface area contributed by atoms with Gasteiger partial charge in [0.1, 0.15) is 12.1 Å². The maximum atomic E-state index is 12.8. The van der Waals surface area contributed by atoms with E-state index in [9.17, 15) is 4.39 Å². The monoisotopic (exact) mass is 197 g/mol. The van der Waals surface area contributed by atoms with Crippen molar-refractivity contribution in [2.45, 2.75) is 26.7 Å². The van der Waals surface area contributed by atoms with E-state index in [0.717, 1.165) is 25.9 Å². The van der Waals surface area contributed by atoms with Crippen LogP contribution in [0.3, 0.4) is 0 Å². The molecular formula is C10H16FN3. The van der Waals surface area contributed by atoms with Crippen molar-refractivity contribution in [1.82, 2.24) is 9.97 Å². The Morgan fingerprint density at radius 2 is 1.86 bits per heavy atom.